The molecule has 0 aliphatic rings. The van der Waals surface area contributed by atoms with E-state index in [1.54, 1.807) is 12.3 Å². The molecule has 1 aromatic carbocycles. The molecule has 5 aromatic rings. The van der Waals surface area contributed by atoms with Crippen molar-refractivity contribution in [2.45, 2.75) is 6.92 Å². The topological polar surface area (TPSA) is 95.6 Å². The fourth-order valence-corrected chi connectivity index (χ4v) is 3.44. The molecule has 0 saturated heterocycles. The van der Waals surface area contributed by atoms with Crippen LogP contribution in [0, 0.1) is 18.3 Å². The Balaban J connectivity index is 1.85. The van der Waals surface area contributed by atoms with E-state index in [0.717, 1.165) is 27.8 Å². The summed E-state index contributed by atoms with van der Waals surface area (Å²) in [6.07, 6.45) is 1.75. The first-order chi connectivity index (χ1) is 14.1. The minimum absolute atomic E-state index is 0.168. The van der Waals surface area contributed by atoms with E-state index in [1.807, 2.05) is 55.5 Å². The van der Waals surface area contributed by atoms with Crippen molar-refractivity contribution in [3.05, 3.63) is 82.5 Å². The monoisotopic (exact) mass is 378 g/mol. The van der Waals surface area contributed by atoms with Crippen LogP contribution >= 0.6 is 0 Å². The molecule has 1 N–H and O–H groups in total. The molecule has 0 aliphatic carbocycles. The number of hydrogen-bond acceptors (Lipinski definition) is 5. The van der Waals surface area contributed by atoms with Gasteiger partial charge in [-0.05, 0) is 48.9 Å². The van der Waals surface area contributed by atoms with Crippen molar-refractivity contribution in [1.82, 2.24) is 15.0 Å². The Labute approximate surface area is 165 Å². The largest absolute Gasteiger partial charge is 0.460 e. The van der Waals surface area contributed by atoms with Gasteiger partial charge in [0.15, 0.2) is 11.2 Å². The number of benzene rings is 1. The van der Waals surface area contributed by atoms with Gasteiger partial charge in [0.25, 0.3) is 0 Å². The molecule has 4 heterocycles. The number of nitrogens with one attached hydrogen (secondary N) is 1. The third kappa shape index (κ3) is 2.86. The number of H-pyrrole nitrogens is 1. The second kappa shape index (κ2) is 6.43. The number of rotatable bonds is 2. The van der Waals surface area contributed by atoms with E-state index in [1.165, 1.54) is 6.07 Å². The summed E-state index contributed by atoms with van der Waals surface area (Å²) in [7, 11) is 0. The van der Waals surface area contributed by atoms with Crippen LogP contribution in [0.25, 0.3) is 44.5 Å². The maximum absolute atomic E-state index is 12.6. The second-order valence-electron chi connectivity index (χ2n) is 6.76. The van der Waals surface area contributed by atoms with Crippen LogP contribution in [-0.4, -0.2) is 15.0 Å². The van der Waals surface area contributed by atoms with E-state index in [0.29, 0.717) is 22.5 Å². The molecule has 0 unspecified atom stereocenters. The van der Waals surface area contributed by atoms with Crippen LogP contribution < -0.4 is 5.43 Å². The third-order valence-electron chi connectivity index (χ3n) is 4.82. The van der Waals surface area contributed by atoms with Crippen molar-refractivity contribution >= 4 is 21.9 Å². The van der Waals surface area contributed by atoms with E-state index < -0.39 is 0 Å². The highest BCUT2D eigenvalue weighted by molar-refractivity contribution is 5.92. The fraction of sp³-hybridized carbons (Fsp3) is 0.0435. The van der Waals surface area contributed by atoms with Crippen LogP contribution in [0.5, 0.6) is 0 Å². The molecule has 0 spiro atoms. The zero-order chi connectivity index (χ0) is 20.0. The summed E-state index contributed by atoms with van der Waals surface area (Å²) < 4.78 is 5.82. The molecule has 0 fully saturated rings. The van der Waals surface area contributed by atoms with Gasteiger partial charge in [-0.15, -0.1) is 0 Å². The molecule has 0 amide bonds. The predicted molar refractivity (Wildman–Crippen MR) is 110 cm³/mol. The molecular formula is C23H14N4O2. The summed E-state index contributed by atoms with van der Waals surface area (Å²) in [6, 6.07) is 18.5. The standard InChI is InChI=1S/C23H14N4O2/c1-13-4-7-21(29-13)22-17(14-5-6-19-15(9-14)3-2-8-25-19)11-18-20(28)10-16(12-24)26-23(18)27-22/h2-11H,1H3,(H,26,27,28). The summed E-state index contributed by atoms with van der Waals surface area (Å²) in [5, 5.41) is 10.6. The lowest BCUT2D eigenvalue weighted by atomic mass is 9.99. The Hall–Kier alpha value is -4.24. The molecule has 0 bridgehead atoms. The highest BCUT2D eigenvalue weighted by Gasteiger charge is 2.16. The summed E-state index contributed by atoms with van der Waals surface area (Å²) >= 11 is 0. The van der Waals surface area contributed by atoms with Gasteiger partial charge in [-0.3, -0.25) is 9.78 Å². The molecule has 29 heavy (non-hydrogen) atoms. The van der Waals surface area contributed by atoms with E-state index in [4.69, 9.17) is 4.42 Å². The van der Waals surface area contributed by atoms with Gasteiger partial charge in [-0.25, -0.2) is 4.98 Å². The van der Waals surface area contributed by atoms with Crippen LogP contribution in [0.1, 0.15) is 11.5 Å². The maximum atomic E-state index is 12.6. The number of furan rings is 1. The first-order valence-electron chi connectivity index (χ1n) is 9.02. The first kappa shape index (κ1) is 16.9. The smallest absolute Gasteiger partial charge is 0.192 e. The Morgan fingerprint density at radius 1 is 1.10 bits per heavy atom. The Morgan fingerprint density at radius 3 is 2.79 bits per heavy atom. The summed E-state index contributed by atoms with van der Waals surface area (Å²) in [4.78, 5) is 24.5. The van der Waals surface area contributed by atoms with Crippen molar-refractivity contribution < 1.29 is 4.42 Å². The fourth-order valence-electron chi connectivity index (χ4n) is 3.44. The zero-order valence-corrected chi connectivity index (χ0v) is 15.4. The van der Waals surface area contributed by atoms with E-state index in [2.05, 4.69) is 15.0 Å². The van der Waals surface area contributed by atoms with Crippen molar-refractivity contribution in [3.8, 4) is 28.7 Å². The van der Waals surface area contributed by atoms with Crippen molar-refractivity contribution in [3.63, 3.8) is 0 Å². The molecule has 6 heteroatoms. The second-order valence-corrected chi connectivity index (χ2v) is 6.76. The van der Waals surface area contributed by atoms with Crippen LogP contribution in [0.3, 0.4) is 0 Å². The average molecular weight is 378 g/mol. The number of aromatic nitrogens is 3. The van der Waals surface area contributed by atoms with E-state index in [-0.39, 0.29) is 11.1 Å². The SMILES string of the molecule is Cc1ccc(-c2nc3[nH]c(C#N)cc(=O)c3cc2-c2ccc3ncccc3c2)o1. The normalized spacial score (nSPS) is 11.0. The van der Waals surface area contributed by atoms with Gasteiger partial charge in [-0.1, -0.05) is 12.1 Å². The van der Waals surface area contributed by atoms with Gasteiger partial charge in [-0.2, -0.15) is 5.26 Å². The van der Waals surface area contributed by atoms with Crippen molar-refractivity contribution in [2.75, 3.05) is 0 Å². The number of fused-ring (bicyclic) bond motifs is 2. The number of hydrogen-bond donors (Lipinski definition) is 1. The number of nitriles is 1. The number of nitrogens with zero attached hydrogens (tertiary/aromatic N) is 3. The third-order valence-corrected chi connectivity index (χ3v) is 4.82. The van der Waals surface area contributed by atoms with E-state index >= 15 is 0 Å². The van der Waals surface area contributed by atoms with Gasteiger partial charge >= 0.3 is 0 Å². The Morgan fingerprint density at radius 2 is 2.00 bits per heavy atom. The summed E-state index contributed by atoms with van der Waals surface area (Å²) in [6.45, 7) is 1.86. The summed E-state index contributed by atoms with van der Waals surface area (Å²) in [5.74, 6) is 1.35. The molecule has 0 radical (unpaired) electrons. The number of pyridine rings is 3. The van der Waals surface area contributed by atoms with Gasteiger partial charge in [0.1, 0.15) is 28.9 Å². The van der Waals surface area contributed by atoms with Gasteiger partial charge in [0.05, 0.1) is 10.9 Å². The van der Waals surface area contributed by atoms with Crippen LogP contribution in [0.2, 0.25) is 0 Å². The molecule has 138 valence electrons. The molecule has 0 saturated carbocycles. The van der Waals surface area contributed by atoms with Crippen LogP contribution in [-0.2, 0) is 0 Å². The minimum Gasteiger partial charge on any atom is -0.460 e. The lowest BCUT2D eigenvalue weighted by Crippen LogP contribution is -2.06. The Bertz CT molecular complexity index is 1510. The molecule has 0 aliphatic heterocycles. The van der Waals surface area contributed by atoms with Gasteiger partial charge < -0.3 is 9.40 Å². The lowest BCUT2D eigenvalue weighted by Gasteiger charge is -2.10. The van der Waals surface area contributed by atoms with Crippen molar-refractivity contribution in [2.24, 2.45) is 0 Å². The van der Waals surface area contributed by atoms with Crippen LogP contribution in [0.4, 0.5) is 0 Å². The minimum atomic E-state index is -0.256. The van der Waals surface area contributed by atoms with Gasteiger partial charge in [0.2, 0.25) is 0 Å². The molecule has 4 aromatic heterocycles. The quantitative estimate of drug-likeness (QED) is 0.485. The Kier molecular flexibility index (Phi) is 3.75. The highest BCUT2D eigenvalue weighted by Crippen LogP contribution is 2.34. The van der Waals surface area contributed by atoms with Gasteiger partial charge in [0, 0.05) is 23.2 Å². The maximum Gasteiger partial charge on any atom is 0.192 e. The average Bonchev–Trinajstić information content (AvgIpc) is 3.18. The van der Waals surface area contributed by atoms with Crippen molar-refractivity contribution in [1.29, 1.82) is 5.26 Å². The number of aryl methyl sites for hydroxylation is 1. The lowest BCUT2D eigenvalue weighted by molar-refractivity contribution is 0.547. The van der Waals surface area contributed by atoms with Crippen LogP contribution in [0.15, 0.2) is 70.0 Å². The van der Waals surface area contributed by atoms with E-state index in [9.17, 15) is 10.1 Å². The molecular weight excluding hydrogens is 364 g/mol. The highest BCUT2D eigenvalue weighted by atomic mass is 16.3. The molecule has 6 nitrogen and oxygen atoms in total. The zero-order valence-electron chi connectivity index (χ0n) is 15.4. The number of aromatic amines is 1. The summed E-state index contributed by atoms with van der Waals surface area (Å²) in [5.41, 5.74) is 3.41. The molecule has 5 rings (SSSR count). The molecule has 0 atom stereocenters. The predicted octanol–water partition coefficient (Wildman–Crippen LogP) is 4.58. The first-order valence-corrected chi connectivity index (χ1v) is 9.02.